The van der Waals surface area contributed by atoms with E-state index < -0.39 is 57.6 Å². The molecular weight excluding hydrogens is 472 g/mol. The number of thioether (sulfide) groups is 1. The molecule has 0 saturated carbocycles. The predicted octanol–water partition coefficient (Wildman–Crippen LogP) is 0.246. The van der Waals surface area contributed by atoms with Crippen LogP contribution in [-0.2, 0) is 24.0 Å². The Hall–Kier alpha value is -2.77. The highest BCUT2D eigenvalue weighted by Crippen LogP contribution is 2.45. The van der Waals surface area contributed by atoms with E-state index in [1.54, 1.807) is 12.1 Å². The highest BCUT2D eigenvalue weighted by atomic mass is 32.3. The lowest BCUT2D eigenvalue weighted by atomic mass is 10.1. The van der Waals surface area contributed by atoms with Crippen molar-refractivity contribution in [1.29, 1.82) is 0 Å². The van der Waals surface area contributed by atoms with Gasteiger partial charge in [0.05, 0.1) is 5.75 Å². The quantitative estimate of drug-likeness (QED) is 0.205. The van der Waals surface area contributed by atoms with Crippen molar-refractivity contribution in [2.45, 2.75) is 29.2 Å². The number of aliphatic carboxylic acids is 2. The van der Waals surface area contributed by atoms with Gasteiger partial charge in [0.2, 0.25) is 11.8 Å². The lowest BCUT2D eigenvalue weighted by molar-refractivity contribution is -0.139. The van der Waals surface area contributed by atoms with E-state index in [1.807, 2.05) is 12.1 Å². The summed E-state index contributed by atoms with van der Waals surface area (Å²) in [5.74, 6) is -4.62. The molecule has 1 aromatic rings. The number of nitrogens with two attached hydrogens (primary N) is 1. The van der Waals surface area contributed by atoms with Crippen molar-refractivity contribution in [3.8, 4) is 0 Å². The van der Waals surface area contributed by atoms with Crippen molar-refractivity contribution < 1.29 is 34.2 Å². The average molecular weight is 503 g/mol. The van der Waals surface area contributed by atoms with Gasteiger partial charge in [-0.25, -0.2) is 10.0 Å². The zero-order valence-corrected chi connectivity index (χ0v) is 20.3. The molecule has 7 N–H and O–H groups in total. The SMILES string of the molecule is CS(C)(C)c1ccc(NC(=O)CSC(NC(=O)CCC(N)C(=O)O)C(=O)NCC(=O)O)cc1. The second kappa shape index (κ2) is 13.1. The second-order valence-electron chi connectivity index (χ2n) is 7.76. The molecule has 0 radical (unpaired) electrons. The normalized spacial score (nSPS) is 13.3. The number of amides is 3. The standard InChI is InChI=1S/C20H30N4O7S2/c1-33(2,3)13-6-4-12(5-7-13)23-16(26)11-32-19(18(29)22-10-17(27)28)24-15(25)9-8-14(21)20(30)31/h4-7,14,19H,8-11,21H2,1-3H3,(H,22,29)(H,23,26)(H,24,25)(H,27,28)(H,30,31). The summed E-state index contributed by atoms with van der Waals surface area (Å²) in [5, 5.41) is 23.5. The predicted molar refractivity (Wildman–Crippen MR) is 129 cm³/mol. The molecule has 0 heterocycles. The molecule has 0 saturated heterocycles. The first-order chi connectivity index (χ1) is 15.3. The Balaban J connectivity index is 2.70. The van der Waals surface area contributed by atoms with Gasteiger partial charge in [0.25, 0.3) is 5.91 Å². The fourth-order valence-corrected chi connectivity index (χ4v) is 4.16. The smallest absolute Gasteiger partial charge is 0.322 e. The third-order valence-corrected chi connectivity index (χ3v) is 6.95. The van der Waals surface area contributed by atoms with Crippen LogP contribution >= 0.6 is 21.8 Å². The van der Waals surface area contributed by atoms with Crippen LogP contribution in [0.2, 0.25) is 0 Å². The highest BCUT2D eigenvalue weighted by Gasteiger charge is 2.24. The van der Waals surface area contributed by atoms with E-state index in [1.165, 1.54) is 4.90 Å². The van der Waals surface area contributed by atoms with Gasteiger partial charge in [0.15, 0.2) is 5.37 Å². The summed E-state index contributed by atoms with van der Waals surface area (Å²) in [5.41, 5.74) is 5.94. The van der Waals surface area contributed by atoms with E-state index in [0.29, 0.717) is 5.69 Å². The summed E-state index contributed by atoms with van der Waals surface area (Å²) < 4.78 is 0. The molecule has 0 aliphatic carbocycles. The minimum Gasteiger partial charge on any atom is -0.480 e. The molecule has 13 heteroatoms. The summed E-state index contributed by atoms with van der Waals surface area (Å²) in [4.78, 5) is 59.3. The van der Waals surface area contributed by atoms with Crippen LogP contribution in [0, 0.1) is 0 Å². The number of hydrogen-bond donors (Lipinski definition) is 6. The topological polar surface area (TPSA) is 188 Å². The molecule has 0 fully saturated rings. The zero-order valence-electron chi connectivity index (χ0n) is 18.6. The highest BCUT2D eigenvalue weighted by molar-refractivity contribution is 8.32. The van der Waals surface area contributed by atoms with Crippen LogP contribution < -0.4 is 21.7 Å². The fraction of sp³-hybridized carbons (Fsp3) is 0.450. The maximum Gasteiger partial charge on any atom is 0.322 e. The molecule has 0 bridgehead atoms. The van der Waals surface area contributed by atoms with Gasteiger partial charge in [-0.05, 0) is 54.3 Å². The van der Waals surface area contributed by atoms with Crippen molar-refractivity contribution in [1.82, 2.24) is 10.6 Å². The van der Waals surface area contributed by atoms with E-state index in [2.05, 4.69) is 34.7 Å². The lowest BCUT2D eigenvalue weighted by Crippen LogP contribution is -2.46. The van der Waals surface area contributed by atoms with Crippen LogP contribution in [0.1, 0.15) is 12.8 Å². The average Bonchev–Trinajstić information content (AvgIpc) is 2.72. The number of benzene rings is 1. The van der Waals surface area contributed by atoms with E-state index in [4.69, 9.17) is 15.9 Å². The van der Waals surface area contributed by atoms with Crippen LogP contribution in [0.3, 0.4) is 0 Å². The van der Waals surface area contributed by atoms with Gasteiger partial charge in [-0.1, -0.05) is 0 Å². The Morgan fingerprint density at radius 2 is 1.64 bits per heavy atom. The molecule has 0 aliphatic rings. The van der Waals surface area contributed by atoms with Crippen LogP contribution in [0.25, 0.3) is 0 Å². The lowest BCUT2D eigenvalue weighted by Gasteiger charge is -2.25. The summed E-state index contributed by atoms with van der Waals surface area (Å²) >= 11 is 0.793. The van der Waals surface area contributed by atoms with Crippen molar-refractivity contribution in [3.05, 3.63) is 24.3 Å². The molecule has 0 aliphatic heterocycles. The minimum atomic E-state index is -1.27. The maximum absolute atomic E-state index is 12.3. The van der Waals surface area contributed by atoms with Crippen LogP contribution in [0.15, 0.2) is 29.2 Å². The summed E-state index contributed by atoms with van der Waals surface area (Å²) in [6.45, 7) is -0.663. The number of anilines is 1. The fourth-order valence-electron chi connectivity index (χ4n) is 2.37. The Labute approximate surface area is 197 Å². The first kappa shape index (κ1) is 28.3. The minimum absolute atomic E-state index is 0.151. The van der Waals surface area contributed by atoms with E-state index in [0.717, 1.165) is 11.8 Å². The molecule has 33 heavy (non-hydrogen) atoms. The summed E-state index contributed by atoms with van der Waals surface area (Å²) in [7, 11) is -0.901. The Bertz CT molecular complexity index is 872. The first-order valence-corrected chi connectivity index (χ1v) is 13.7. The molecule has 2 unspecified atom stereocenters. The molecule has 11 nitrogen and oxygen atoms in total. The van der Waals surface area contributed by atoms with Crippen LogP contribution in [-0.4, -0.2) is 82.4 Å². The van der Waals surface area contributed by atoms with E-state index in [9.17, 15) is 24.0 Å². The van der Waals surface area contributed by atoms with Crippen LogP contribution in [0.5, 0.6) is 0 Å². The molecule has 1 aromatic carbocycles. The van der Waals surface area contributed by atoms with Crippen molar-refractivity contribution in [3.63, 3.8) is 0 Å². The van der Waals surface area contributed by atoms with Gasteiger partial charge in [0, 0.05) is 12.1 Å². The monoisotopic (exact) mass is 502 g/mol. The first-order valence-electron chi connectivity index (χ1n) is 9.76. The molecule has 0 spiro atoms. The summed E-state index contributed by atoms with van der Waals surface area (Å²) in [6.07, 6.45) is 6.04. The number of carboxylic acid groups (broad SMARTS) is 2. The summed E-state index contributed by atoms with van der Waals surface area (Å²) in [6, 6.07) is 6.19. The third kappa shape index (κ3) is 11.1. The Kier molecular flexibility index (Phi) is 11.2. The number of carbonyl (C=O) groups is 5. The van der Waals surface area contributed by atoms with Gasteiger partial charge >= 0.3 is 11.9 Å². The Morgan fingerprint density at radius 3 is 2.15 bits per heavy atom. The van der Waals surface area contributed by atoms with Crippen molar-refractivity contribution in [2.75, 3.05) is 36.4 Å². The van der Waals surface area contributed by atoms with Gasteiger partial charge in [0.1, 0.15) is 12.6 Å². The molecule has 1 rings (SSSR count). The third-order valence-electron chi connectivity index (χ3n) is 4.17. The van der Waals surface area contributed by atoms with E-state index in [-0.39, 0.29) is 18.6 Å². The second-order valence-corrected chi connectivity index (χ2v) is 13.0. The largest absolute Gasteiger partial charge is 0.480 e. The van der Waals surface area contributed by atoms with Gasteiger partial charge in [-0.2, -0.15) is 0 Å². The van der Waals surface area contributed by atoms with Crippen molar-refractivity contribution >= 4 is 57.1 Å². The zero-order chi connectivity index (χ0) is 25.2. The van der Waals surface area contributed by atoms with E-state index >= 15 is 0 Å². The van der Waals surface area contributed by atoms with Gasteiger partial charge in [-0.3, -0.25) is 24.0 Å². The number of nitrogens with one attached hydrogen (secondary N) is 3. The molecule has 184 valence electrons. The molecule has 2 atom stereocenters. The van der Waals surface area contributed by atoms with Crippen LogP contribution in [0.4, 0.5) is 5.69 Å². The van der Waals surface area contributed by atoms with Gasteiger partial charge < -0.3 is 31.9 Å². The molecule has 0 aromatic heterocycles. The number of carboxylic acids is 2. The maximum atomic E-state index is 12.3. The number of carbonyl (C=O) groups excluding carboxylic acids is 3. The molecule has 3 amide bonds. The number of hydrogen-bond acceptors (Lipinski definition) is 7. The molecular formula is C20H30N4O7S2. The Morgan fingerprint density at radius 1 is 1.03 bits per heavy atom. The van der Waals surface area contributed by atoms with Gasteiger partial charge in [-0.15, -0.1) is 11.8 Å². The number of rotatable bonds is 13. The van der Waals surface area contributed by atoms with Crippen molar-refractivity contribution in [2.24, 2.45) is 5.73 Å².